The Hall–Kier alpha value is -1.89. The van der Waals surface area contributed by atoms with Crippen LogP contribution in [-0.2, 0) is 0 Å². The molecular formula is C18H14BrClN2O2S. The number of aryl methyl sites for hydroxylation is 1. The van der Waals surface area contributed by atoms with Crippen molar-refractivity contribution in [1.29, 1.82) is 0 Å². The summed E-state index contributed by atoms with van der Waals surface area (Å²) in [6, 6.07) is 11.4. The van der Waals surface area contributed by atoms with Crippen LogP contribution in [0, 0.1) is 6.92 Å². The molecule has 0 aliphatic carbocycles. The fourth-order valence-corrected chi connectivity index (χ4v) is 4.22. The van der Waals surface area contributed by atoms with Gasteiger partial charge in [0.1, 0.15) is 10.6 Å². The summed E-state index contributed by atoms with van der Waals surface area (Å²) in [6.07, 6.45) is 1.53. The number of nitrogens with one attached hydrogen (secondary N) is 1. The molecule has 0 fully saturated rings. The molecule has 2 aromatic carbocycles. The quantitative estimate of drug-likeness (QED) is 0.439. The Bertz CT molecular complexity index is 985. The van der Waals surface area contributed by atoms with Crippen LogP contribution in [0.15, 0.2) is 46.0 Å². The van der Waals surface area contributed by atoms with Gasteiger partial charge >= 0.3 is 0 Å². The van der Waals surface area contributed by atoms with Crippen molar-refractivity contribution in [3.63, 3.8) is 0 Å². The van der Waals surface area contributed by atoms with Gasteiger partial charge in [-0.15, -0.1) is 11.3 Å². The Balaban J connectivity index is 1.81. The van der Waals surface area contributed by atoms with E-state index >= 15 is 0 Å². The van der Waals surface area contributed by atoms with E-state index in [4.69, 9.17) is 16.3 Å². The third-order valence-corrected chi connectivity index (χ3v) is 5.70. The van der Waals surface area contributed by atoms with Gasteiger partial charge in [0, 0.05) is 20.1 Å². The first kappa shape index (κ1) is 17.9. The molecule has 0 saturated carbocycles. The van der Waals surface area contributed by atoms with E-state index < -0.39 is 0 Å². The molecule has 1 amide bonds. The summed E-state index contributed by atoms with van der Waals surface area (Å²) in [5.41, 5.74) is 4.39. The van der Waals surface area contributed by atoms with Crippen LogP contribution < -0.4 is 10.2 Å². The molecule has 0 aliphatic heterocycles. The highest BCUT2D eigenvalue weighted by Crippen LogP contribution is 2.35. The van der Waals surface area contributed by atoms with E-state index in [1.165, 1.54) is 17.6 Å². The Kier molecular flexibility index (Phi) is 5.42. The van der Waals surface area contributed by atoms with Crippen molar-refractivity contribution >= 4 is 61.1 Å². The normalized spacial score (nSPS) is 11.2. The van der Waals surface area contributed by atoms with E-state index in [9.17, 15) is 4.79 Å². The lowest BCUT2D eigenvalue weighted by atomic mass is 10.2. The number of carbonyl (C=O) groups excluding carboxylic acids is 1. The monoisotopic (exact) mass is 436 g/mol. The number of hydrogen-bond donors (Lipinski definition) is 1. The number of rotatable bonds is 4. The number of amides is 1. The van der Waals surface area contributed by atoms with Crippen LogP contribution in [0.5, 0.6) is 5.75 Å². The van der Waals surface area contributed by atoms with Crippen LogP contribution in [0.25, 0.3) is 10.1 Å². The second kappa shape index (κ2) is 7.56. The summed E-state index contributed by atoms with van der Waals surface area (Å²) >= 11 is 11.1. The Morgan fingerprint density at radius 1 is 1.32 bits per heavy atom. The topological polar surface area (TPSA) is 50.7 Å². The van der Waals surface area contributed by atoms with Crippen LogP contribution in [0.4, 0.5) is 0 Å². The molecule has 1 heterocycles. The summed E-state index contributed by atoms with van der Waals surface area (Å²) in [5.74, 6) is 0.325. The van der Waals surface area contributed by atoms with E-state index in [2.05, 4.69) is 26.5 Å². The number of hydrazone groups is 1. The van der Waals surface area contributed by atoms with Gasteiger partial charge in [0.15, 0.2) is 0 Å². The molecule has 0 saturated heterocycles. The van der Waals surface area contributed by atoms with Crippen molar-refractivity contribution < 1.29 is 9.53 Å². The SMILES string of the molecule is COc1ccc(Br)cc1/C=N/NC(=O)c1sc2cc(C)ccc2c1Cl. The average molecular weight is 438 g/mol. The largest absolute Gasteiger partial charge is 0.496 e. The predicted octanol–water partition coefficient (Wildman–Crippen LogP) is 5.40. The fourth-order valence-electron chi connectivity index (χ4n) is 2.34. The zero-order valence-electron chi connectivity index (χ0n) is 13.5. The van der Waals surface area contributed by atoms with Gasteiger partial charge in [-0.05, 0) is 36.8 Å². The molecular weight excluding hydrogens is 424 g/mol. The molecule has 7 heteroatoms. The molecule has 0 unspecified atom stereocenters. The number of hydrogen-bond acceptors (Lipinski definition) is 4. The van der Waals surface area contributed by atoms with E-state index in [1.54, 1.807) is 7.11 Å². The third-order valence-electron chi connectivity index (χ3n) is 3.55. The highest BCUT2D eigenvalue weighted by molar-refractivity contribution is 9.10. The smallest absolute Gasteiger partial charge is 0.283 e. The molecule has 0 aliphatic rings. The van der Waals surface area contributed by atoms with Crippen molar-refractivity contribution in [2.45, 2.75) is 6.92 Å². The Labute approximate surface area is 162 Å². The molecule has 0 spiro atoms. The summed E-state index contributed by atoms with van der Waals surface area (Å²) in [5, 5.41) is 5.35. The predicted molar refractivity (Wildman–Crippen MR) is 107 cm³/mol. The van der Waals surface area contributed by atoms with Crippen LogP contribution >= 0.6 is 38.9 Å². The number of halogens is 2. The molecule has 4 nitrogen and oxygen atoms in total. The van der Waals surface area contributed by atoms with E-state index in [0.29, 0.717) is 15.6 Å². The molecule has 0 radical (unpaired) electrons. The zero-order valence-corrected chi connectivity index (χ0v) is 16.6. The molecule has 1 N–H and O–H groups in total. The van der Waals surface area contributed by atoms with Crippen molar-refractivity contribution in [1.82, 2.24) is 5.43 Å². The van der Waals surface area contributed by atoms with Gasteiger partial charge in [0.2, 0.25) is 0 Å². The highest BCUT2D eigenvalue weighted by atomic mass is 79.9. The minimum atomic E-state index is -0.339. The molecule has 0 bridgehead atoms. The van der Waals surface area contributed by atoms with Crippen LogP contribution in [-0.4, -0.2) is 19.2 Å². The molecule has 128 valence electrons. The number of fused-ring (bicyclic) bond motifs is 1. The lowest BCUT2D eigenvalue weighted by molar-refractivity contribution is 0.0959. The second-order valence-corrected chi connectivity index (χ2v) is 7.68. The van der Waals surface area contributed by atoms with E-state index in [-0.39, 0.29) is 5.91 Å². The van der Waals surface area contributed by atoms with Crippen LogP contribution in [0.2, 0.25) is 5.02 Å². The van der Waals surface area contributed by atoms with E-state index in [0.717, 1.165) is 25.7 Å². The lowest BCUT2D eigenvalue weighted by Gasteiger charge is -2.04. The minimum Gasteiger partial charge on any atom is -0.496 e. The third kappa shape index (κ3) is 3.86. The first-order valence-electron chi connectivity index (χ1n) is 7.35. The number of benzene rings is 2. The van der Waals surface area contributed by atoms with Gasteiger partial charge in [-0.3, -0.25) is 4.79 Å². The average Bonchev–Trinajstić information content (AvgIpc) is 2.91. The summed E-state index contributed by atoms with van der Waals surface area (Å²) in [4.78, 5) is 12.8. The van der Waals surface area contributed by atoms with Crippen LogP contribution in [0.1, 0.15) is 20.8 Å². The summed E-state index contributed by atoms with van der Waals surface area (Å²) in [7, 11) is 1.58. The lowest BCUT2D eigenvalue weighted by Crippen LogP contribution is -2.16. The first-order valence-corrected chi connectivity index (χ1v) is 9.34. The molecule has 3 rings (SSSR count). The molecule has 25 heavy (non-hydrogen) atoms. The van der Waals surface area contributed by atoms with Crippen molar-refractivity contribution in [2.24, 2.45) is 5.10 Å². The summed E-state index contributed by atoms with van der Waals surface area (Å²) < 4.78 is 7.14. The Morgan fingerprint density at radius 3 is 2.88 bits per heavy atom. The Morgan fingerprint density at radius 2 is 2.12 bits per heavy atom. The van der Waals surface area contributed by atoms with Gasteiger partial charge in [-0.1, -0.05) is 39.7 Å². The second-order valence-electron chi connectivity index (χ2n) is 5.33. The van der Waals surface area contributed by atoms with Crippen molar-refractivity contribution in [3.05, 3.63) is 61.9 Å². The van der Waals surface area contributed by atoms with Gasteiger partial charge in [0.05, 0.1) is 18.3 Å². The van der Waals surface area contributed by atoms with Gasteiger partial charge in [-0.25, -0.2) is 5.43 Å². The van der Waals surface area contributed by atoms with E-state index in [1.807, 2.05) is 43.3 Å². The van der Waals surface area contributed by atoms with Crippen molar-refractivity contribution in [3.8, 4) is 5.75 Å². The standard InChI is InChI=1S/C18H14BrClN2O2S/c1-10-3-5-13-15(7-10)25-17(16(13)20)18(23)22-21-9-11-8-12(19)4-6-14(11)24-2/h3-9H,1-2H3,(H,22,23)/b21-9+. The summed E-state index contributed by atoms with van der Waals surface area (Å²) in [6.45, 7) is 2.00. The molecule has 0 atom stereocenters. The maximum atomic E-state index is 12.4. The highest BCUT2D eigenvalue weighted by Gasteiger charge is 2.16. The number of nitrogens with zero attached hydrogens (tertiary/aromatic N) is 1. The molecule has 3 aromatic rings. The zero-order chi connectivity index (χ0) is 18.0. The number of methoxy groups -OCH3 is 1. The fraction of sp³-hybridized carbons (Fsp3) is 0.111. The van der Waals surface area contributed by atoms with Crippen LogP contribution in [0.3, 0.4) is 0 Å². The minimum absolute atomic E-state index is 0.339. The van der Waals surface area contributed by atoms with Gasteiger partial charge in [0.25, 0.3) is 5.91 Å². The number of carbonyl (C=O) groups is 1. The first-order chi connectivity index (χ1) is 12.0. The maximum absolute atomic E-state index is 12.4. The van der Waals surface area contributed by atoms with Crippen molar-refractivity contribution in [2.75, 3.05) is 7.11 Å². The van der Waals surface area contributed by atoms with Gasteiger partial charge in [-0.2, -0.15) is 5.10 Å². The number of thiophene rings is 1. The number of ether oxygens (including phenoxy) is 1. The van der Waals surface area contributed by atoms with Gasteiger partial charge < -0.3 is 4.74 Å². The maximum Gasteiger partial charge on any atom is 0.283 e. The molecule has 1 aromatic heterocycles.